The van der Waals surface area contributed by atoms with E-state index in [1.54, 1.807) is 13.1 Å². The molecule has 4 fully saturated rings. The number of sulfonamides is 1. The fourth-order valence-electron chi connectivity index (χ4n) is 7.42. The van der Waals surface area contributed by atoms with Crippen molar-refractivity contribution in [1.82, 2.24) is 24.5 Å². The highest BCUT2D eigenvalue weighted by Gasteiger charge is 2.46. The predicted octanol–water partition coefficient (Wildman–Crippen LogP) is 4.05. The minimum absolute atomic E-state index is 0.0306. The Kier molecular flexibility index (Phi) is 10.4. The van der Waals surface area contributed by atoms with Crippen LogP contribution in [0.1, 0.15) is 69.7 Å². The van der Waals surface area contributed by atoms with E-state index in [4.69, 9.17) is 9.47 Å². The molecule has 3 aliphatic heterocycles. The summed E-state index contributed by atoms with van der Waals surface area (Å²) in [5, 5.41) is 0. The number of benzene rings is 1. The molecule has 0 radical (unpaired) electrons. The van der Waals surface area contributed by atoms with Gasteiger partial charge in [0.1, 0.15) is 17.9 Å². The SMILES string of the molecule is CCS(=O)(=O)NC1CC[C@@H](CN2CCC3(CC2)CN(c2ncncc2Oc2ccc(F)cc2C(=O)N(C(C)C)[C@H]2C[C@@H](P)C2)C3)OC1. The Balaban J connectivity index is 1.04. The summed E-state index contributed by atoms with van der Waals surface area (Å²) >= 11 is 0. The molecule has 6 rings (SSSR count). The number of piperidine rings is 1. The van der Waals surface area contributed by atoms with E-state index >= 15 is 0 Å². The molecule has 2 unspecified atom stereocenters. The van der Waals surface area contributed by atoms with Crippen molar-refractivity contribution in [3.8, 4) is 11.5 Å². The van der Waals surface area contributed by atoms with E-state index in [2.05, 4.69) is 33.7 Å². The first-order valence-electron chi connectivity index (χ1n) is 16.9. The third-order valence-electron chi connectivity index (χ3n) is 10.2. The smallest absolute Gasteiger partial charge is 0.258 e. The van der Waals surface area contributed by atoms with Gasteiger partial charge in [-0.1, -0.05) is 0 Å². The first-order chi connectivity index (χ1) is 22.4. The number of aromatic nitrogens is 2. The summed E-state index contributed by atoms with van der Waals surface area (Å²) in [5.74, 6) is 0.773. The number of rotatable bonds is 11. The molecule has 14 heteroatoms. The van der Waals surface area contributed by atoms with Crippen molar-refractivity contribution < 1.29 is 27.1 Å². The molecule has 1 aliphatic carbocycles. The van der Waals surface area contributed by atoms with Crippen molar-refractivity contribution in [3.05, 3.63) is 42.1 Å². The zero-order valence-electron chi connectivity index (χ0n) is 27.6. The number of nitrogens with zero attached hydrogens (tertiary/aromatic N) is 5. The third kappa shape index (κ3) is 7.90. The highest BCUT2D eigenvalue weighted by Crippen LogP contribution is 2.45. The van der Waals surface area contributed by atoms with E-state index in [0.717, 1.165) is 71.2 Å². The van der Waals surface area contributed by atoms with E-state index in [9.17, 15) is 17.6 Å². The first kappa shape index (κ1) is 34.4. The standard InChI is InChI=1S/C33H48FN6O5PS/c1-4-47(42,43)37-24-6-7-26(44-18-24)17-38-11-9-33(10-12-38)19-39(20-33)31-30(16-35-21-36-31)45-29-8-5-23(34)13-28(29)32(41)40(22(2)3)25-14-27(46)15-25/h5,8,13,16,21-22,24-27,37H,4,6-7,9-12,14-15,17-20,46H2,1-3H3/t24?,25-,26-,27+/m0/s1. The second-order valence-electron chi connectivity index (χ2n) is 14.1. The first-order valence-corrected chi connectivity index (χ1v) is 19.2. The van der Waals surface area contributed by atoms with Crippen molar-refractivity contribution in [2.75, 3.05) is 50.0 Å². The van der Waals surface area contributed by atoms with E-state index in [1.807, 2.05) is 18.7 Å². The molecule has 1 N–H and O–H groups in total. The molecule has 1 aromatic heterocycles. The fourth-order valence-corrected chi connectivity index (χ4v) is 8.91. The van der Waals surface area contributed by atoms with Crippen LogP contribution in [-0.2, 0) is 14.8 Å². The van der Waals surface area contributed by atoms with Crippen molar-refractivity contribution in [1.29, 1.82) is 0 Å². The van der Waals surface area contributed by atoms with Crippen LogP contribution >= 0.6 is 9.24 Å². The lowest BCUT2D eigenvalue weighted by Gasteiger charge is -2.54. The largest absolute Gasteiger partial charge is 0.451 e. The Labute approximate surface area is 280 Å². The van der Waals surface area contributed by atoms with Crippen LogP contribution in [0.2, 0.25) is 0 Å². The van der Waals surface area contributed by atoms with E-state index in [1.165, 1.54) is 24.5 Å². The second kappa shape index (κ2) is 14.2. The lowest BCUT2D eigenvalue weighted by Crippen LogP contribution is -2.61. The van der Waals surface area contributed by atoms with Crippen LogP contribution in [-0.4, -0.2) is 109 Å². The lowest BCUT2D eigenvalue weighted by molar-refractivity contribution is -0.0299. The summed E-state index contributed by atoms with van der Waals surface area (Å²) in [6.07, 6.45) is 8.83. The van der Waals surface area contributed by atoms with E-state index in [-0.39, 0.29) is 46.9 Å². The number of amides is 1. The number of halogens is 1. The van der Waals surface area contributed by atoms with Gasteiger partial charge in [-0.3, -0.25) is 4.79 Å². The molecular formula is C33H48FN6O5PS. The number of anilines is 1. The maximum Gasteiger partial charge on any atom is 0.258 e. The molecule has 2 aromatic rings. The monoisotopic (exact) mass is 690 g/mol. The van der Waals surface area contributed by atoms with Crippen LogP contribution in [0, 0.1) is 11.2 Å². The number of ether oxygens (including phenoxy) is 2. The Morgan fingerprint density at radius 3 is 2.60 bits per heavy atom. The average molecular weight is 691 g/mol. The van der Waals surface area contributed by atoms with Crippen molar-refractivity contribution >= 4 is 31.0 Å². The van der Waals surface area contributed by atoms with E-state index < -0.39 is 15.8 Å². The van der Waals surface area contributed by atoms with Gasteiger partial charge in [-0.05, 0) is 96.2 Å². The molecule has 1 spiro atoms. The molecular weight excluding hydrogens is 642 g/mol. The van der Waals surface area contributed by atoms with Crippen LogP contribution in [0.3, 0.4) is 0 Å². The van der Waals surface area contributed by atoms with Gasteiger partial charge in [-0.2, -0.15) is 0 Å². The molecule has 47 heavy (non-hydrogen) atoms. The second-order valence-corrected chi connectivity index (χ2v) is 17.0. The minimum Gasteiger partial charge on any atom is -0.451 e. The van der Waals surface area contributed by atoms with Gasteiger partial charge in [-0.15, -0.1) is 9.24 Å². The minimum atomic E-state index is -3.22. The molecule has 0 bridgehead atoms. The fraction of sp³-hybridized carbons (Fsp3) is 0.667. The molecule has 3 saturated heterocycles. The molecule has 4 heterocycles. The van der Waals surface area contributed by atoms with Crippen LogP contribution in [0.4, 0.5) is 10.2 Å². The Bertz CT molecular complexity index is 1520. The molecule has 258 valence electrons. The summed E-state index contributed by atoms with van der Waals surface area (Å²) in [7, 11) is -0.400. The lowest BCUT2D eigenvalue weighted by atomic mass is 9.72. The van der Waals surface area contributed by atoms with Crippen LogP contribution < -0.4 is 14.4 Å². The summed E-state index contributed by atoms with van der Waals surface area (Å²) < 4.78 is 53.4. The molecule has 1 amide bonds. The van der Waals surface area contributed by atoms with Crippen LogP contribution in [0.25, 0.3) is 0 Å². The van der Waals surface area contributed by atoms with Crippen molar-refractivity contribution in [2.24, 2.45) is 5.41 Å². The Hall–Kier alpha value is -2.44. The highest BCUT2D eigenvalue weighted by molar-refractivity contribution is 7.89. The maximum atomic E-state index is 14.5. The summed E-state index contributed by atoms with van der Waals surface area (Å²) in [6.45, 7) is 10.6. The topological polar surface area (TPSA) is 117 Å². The number of carbonyl (C=O) groups excluding carboxylic acids is 1. The van der Waals surface area contributed by atoms with Gasteiger partial charge >= 0.3 is 0 Å². The van der Waals surface area contributed by atoms with E-state index in [0.29, 0.717) is 29.6 Å². The zero-order chi connectivity index (χ0) is 33.3. The molecule has 1 saturated carbocycles. The van der Waals surface area contributed by atoms with Crippen molar-refractivity contribution in [3.63, 3.8) is 0 Å². The number of hydrogen-bond donors (Lipinski definition) is 1. The number of hydrogen-bond acceptors (Lipinski definition) is 9. The summed E-state index contributed by atoms with van der Waals surface area (Å²) in [6, 6.07) is 4.05. The highest BCUT2D eigenvalue weighted by atomic mass is 32.2. The van der Waals surface area contributed by atoms with Gasteiger partial charge in [0, 0.05) is 43.2 Å². The quantitative estimate of drug-likeness (QED) is 0.349. The molecule has 11 nitrogen and oxygen atoms in total. The Morgan fingerprint density at radius 2 is 1.96 bits per heavy atom. The van der Waals surface area contributed by atoms with Crippen LogP contribution in [0.5, 0.6) is 11.5 Å². The maximum absolute atomic E-state index is 14.5. The summed E-state index contributed by atoms with van der Waals surface area (Å²) in [5.41, 5.74) is 0.890. The number of carbonyl (C=O) groups is 1. The van der Waals surface area contributed by atoms with Crippen molar-refractivity contribution in [2.45, 2.75) is 89.2 Å². The van der Waals surface area contributed by atoms with Crippen LogP contribution in [0.15, 0.2) is 30.7 Å². The van der Waals surface area contributed by atoms with Gasteiger partial charge in [0.2, 0.25) is 10.0 Å². The number of nitrogens with one attached hydrogen (secondary N) is 1. The van der Waals surface area contributed by atoms with Gasteiger partial charge in [0.25, 0.3) is 5.91 Å². The van der Waals surface area contributed by atoms with Gasteiger partial charge in [-0.25, -0.2) is 27.5 Å². The molecule has 3 atom stereocenters. The van der Waals surface area contributed by atoms with Gasteiger partial charge in [0.05, 0.1) is 30.2 Å². The average Bonchev–Trinajstić information content (AvgIpc) is 3.01. The third-order valence-corrected chi connectivity index (χ3v) is 12.2. The molecule has 4 aliphatic rings. The predicted molar refractivity (Wildman–Crippen MR) is 182 cm³/mol. The number of likely N-dealkylation sites (tertiary alicyclic amines) is 1. The van der Waals surface area contributed by atoms with Gasteiger partial charge in [0.15, 0.2) is 11.6 Å². The van der Waals surface area contributed by atoms with Gasteiger partial charge < -0.3 is 24.2 Å². The molecule has 1 aromatic carbocycles. The Morgan fingerprint density at radius 1 is 1.21 bits per heavy atom. The zero-order valence-corrected chi connectivity index (χ0v) is 29.6. The summed E-state index contributed by atoms with van der Waals surface area (Å²) in [4.78, 5) is 29.1. The normalized spacial score (nSPS) is 26.1.